The van der Waals surface area contributed by atoms with Gasteiger partial charge in [-0.15, -0.1) is 0 Å². The number of halogens is 1. The summed E-state index contributed by atoms with van der Waals surface area (Å²) in [5.41, 5.74) is 2.24. The zero-order valence-corrected chi connectivity index (χ0v) is 13.3. The van der Waals surface area contributed by atoms with E-state index in [1.165, 1.54) is 0 Å². The number of aromatic nitrogens is 1. The summed E-state index contributed by atoms with van der Waals surface area (Å²) in [6, 6.07) is 5.61. The number of carbonyl (C=O) groups is 1. The smallest absolute Gasteiger partial charge is 0.352 e. The lowest BCUT2D eigenvalue weighted by Crippen LogP contribution is -2.37. The summed E-state index contributed by atoms with van der Waals surface area (Å²) in [6.07, 6.45) is 0.892. The molecule has 118 valence electrons. The summed E-state index contributed by atoms with van der Waals surface area (Å²) in [7, 11) is 1.76. The first-order valence-electron chi connectivity index (χ1n) is 7.37. The average molecular weight is 323 g/mol. The Balaban J connectivity index is 1.84. The lowest BCUT2D eigenvalue weighted by atomic mass is 10.1. The van der Waals surface area contributed by atoms with Crippen LogP contribution in [0.2, 0.25) is 5.02 Å². The van der Waals surface area contributed by atoms with Crippen LogP contribution in [0.25, 0.3) is 10.9 Å². The molecule has 1 saturated heterocycles. The van der Waals surface area contributed by atoms with E-state index in [4.69, 9.17) is 16.3 Å². The maximum absolute atomic E-state index is 11.2. The van der Waals surface area contributed by atoms with Gasteiger partial charge < -0.3 is 14.4 Å². The van der Waals surface area contributed by atoms with Crippen LogP contribution in [0, 0.1) is 0 Å². The van der Waals surface area contributed by atoms with Gasteiger partial charge in [0.25, 0.3) is 0 Å². The van der Waals surface area contributed by atoms with Gasteiger partial charge in [0, 0.05) is 32.1 Å². The van der Waals surface area contributed by atoms with E-state index in [-0.39, 0.29) is 5.69 Å². The number of rotatable bonds is 4. The standard InChI is InChI=1S/C16H19ClN2O3/c1-18-14-9-11(2-3-19-4-6-22-7-5-19)8-13(17)12(14)10-15(18)16(20)21/h8-10H,2-7H2,1H3,(H,20,21). The molecule has 3 rings (SSSR count). The van der Waals surface area contributed by atoms with Crippen molar-refractivity contribution in [2.45, 2.75) is 6.42 Å². The normalized spacial score (nSPS) is 16.3. The minimum absolute atomic E-state index is 0.252. The lowest BCUT2D eigenvalue weighted by molar-refractivity contribution is 0.0384. The Hall–Kier alpha value is -1.56. The molecule has 22 heavy (non-hydrogen) atoms. The Kier molecular flexibility index (Phi) is 4.38. The van der Waals surface area contributed by atoms with Gasteiger partial charge in [0.2, 0.25) is 0 Å². The van der Waals surface area contributed by atoms with Crippen molar-refractivity contribution >= 4 is 28.5 Å². The molecule has 6 heteroatoms. The topological polar surface area (TPSA) is 54.7 Å². The summed E-state index contributed by atoms with van der Waals surface area (Å²) in [5.74, 6) is -0.940. The molecule has 2 aromatic rings. The average Bonchev–Trinajstić information content (AvgIpc) is 2.84. The molecule has 1 aliphatic rings. The summed E-state index contributed by atoms with van der Waals surface area (Å²) in [6.45, 7) is 4.47. The Morgan fingerprint density at radius 3 is 2.73 bits per heavy atom. The van der Waals surface area contributed by atoms with Crippen LogP contribution in [0.5, 0.6) is 0 Å². The molecule has 0 saturated carbocycles. The van der Waals surface area contributed by atoms with E-state index < -0.39 is 5.97 Å². The molecule has 2 heterocycles. The van der Waals surface area contributed by atoms with Gasteiger partial charge in [0.05, 0.1) is 23.8 Å². The number of fused-ring (bicyclic) bond motifs is 1. The second kappa shape index (κ2) is 6.28. The number of benzene rings is 1. The second-order valence-electron chi connectivity index (χ2n) is 5.61. The molecular formula is C16H19ClN2O3. The first-order valence-corrected chi connectivity index (χ1v) is 7.75. The van der Waals surface area contributed by atoms with Gasteiger partial charge in [0.15, 0.2) is 0 Å². The SMILES string of the molecule is Cn1c(C(=O)O)cc2c(Cl)cc(CCN3CCOCC3)cc21. The quantitative estimate of drug-likeness (QED) is 0.939. The third-order valence-corrected chi connectivity index (χ3v) is 4.52. The van der Waals surface area contributed by atoms with Crippen LogP contribution in [-0.2, 0) is 18.2 Å². The molecule has 0 radical (unpaired) electrons. The van der Waals surface area contributed by atoms with Crippen molar-refractivity contribution in [1.29, 1.82) is 0 Å². The molecule has 0 bridgehead atoms. The van der Waals surface area contributed by atoms with E-state index in [0.29, 0.717) is 5.02 Å². The molecule has 0 atom stereocenters. The van der Waals surface area contributed by atoms with Crippen molar-refractivity contribution in [3.05, 3.63) is 34.5 Å². The number of ether oxygens (including phenoxy) is 1. The molecule has 0 aliphatic carbocycles. The molecule has 1 fully saturated rings. The predicted octanol–water partition coefficient (Wildman–Crippen LogP) is 2.40. The van der Waals surface area contributed by atoms with Crippen molar-refractivity contribution in [3.8, 4) is 0 Å². The van der Waals surface area contributed by atoms with Crippen molar-refractivity contribution in [2.75, 3.05) is 32.8 Å². The zero-order chi connectivity index (χ0) is 15.7. The minimum atomic E-state index is -0.940. The van der Waals surface area contributed by atoms with E-state index in [0.717, 1.165) is 55.7 Å². The van der Waals surface area contributed by atoms with Crippen molar-refractivity contribution < 1.29 is 14.6 Å². The minimum Gasteiger partial charge on any atom is -0.477 e. The maximum atomic E-state index is 11.2. The van der Waals surface area contributed by atoms with Crippen LogP contribution in [0.15, 0.2) is 18.2 Å². The van der Waals surface area contributed by atoms with Crippen molar-refractivity contribution in [3.63, 3.8) is 0 Å². The summed E-state index contributed by atoms with van der Waals surface area (Å²) < 4.78 is 7.03. The lowest BCUT2D eigenvalue weighted by Gasteiger charge is -2.26. The highest BCUT2D eigenvalue weighted by molar-refractivity contribution is 6.35. The molecule has 1 N–H and O–H groups in total. The van der Waals surface area contributed by atoms with Crippen molar-refractivity contribution in [1.82, 2.24) is 9.47 Å². The fourth-order valence-electron chi connectivity index (χ4n) is 2.90. The first kappa shape index (κ1) is 15.3. The number of carboxylic acids is 1. The number of nitrogens with zero attached hydrogens (tertiary/aromatic N) is 2. The van der Waals surface area contributed by atoms with Crippen LogP contribution < -0.4 is 0 Å². The van der Waals surface area contributed by atoms with Gasteiger partial charge in [0.1, 0.15) is 5.69 Å². The van der Waals surface area contributed by atoms with Crippen molar-refractivity contribution in [2.24, 2.45) is 7.05 Å². The molecule has 0 unspecified atom stereocenters. The monoisotopic (exact) mass is 322 g/mol. The predicted molar refractivity (Wildman–Crippen MR) is 85.9 cm³/mol. The molecule has 0 spiro atoms. The zero-order valence-electron chi connectivity index (χ0n) is 12.5. The van der Waals surface area contributed by atoms with E-state index in [1.54, 1.807) is 17.7 Å². The fourth-order valence-corrected chi connectivity index (χ4v) is 3.19. The third kappa shape index (κ3) is 2.97. The second-order valence-corrected chi connectivity index (χ2v) is 6.02. The largest absolute Gasteiger partial charge is 0.477 e. The highest BCUT2D eigenvalue weighted by atomic mass is 35.5. The Morgan fingerprint density at radius 2 is 2.05 bits per heavy atom. The number of hydrogen-bond acceptors (Lipinski definition) is 3. The van der Waals surface area contributed by atoms with E-state index in [1.807, 2.05) is 12.1 Å². The Bertz CT molecular complexity index is 705. The van der Waals surface area contributed by atoms with E-state index in [9.17, 15) is 9.90 Å². The maximum Gasteiger partial charge on any atom is 0.352 e. The van der Waals surface area contributed by atoms with Crippen LogP contribution in [0.4, 0.5) is 0 Å². The number of carboxylic acid groups (broad SMARTS) is 1. The molecule has 1 aromatic carbocycles. The Morgan fingerprint density at radius 1 is 1.32 bits per heavy atom. The van der Waals surface area contributed by atoms with Gasteiger partial charge >= 0.3 is 5.97 Å². The van der Waals surface area contributed by atoms with E-state index in [2.05, 4.69) is 4.90 Å². The first-order chi connectivity index (χ1) is 10.6. The summed E-state index contributed by atoms with van der Waals surface area (Å²) >= 11 is 6.33. The van der Waals surface area contributed by atoms with E-state index >= 15 is 0 Å². The fraction of sp³-hybridized carbons (Fsp3) is 0.438. The highest BCUT2D eigenvalue weighted by Crippen LogP contribution is 2.28. The van der Waals surface area contributed by atoms with Crippen LogP contribution in [0.1, 0.15) is 16.1 Å². The third-order valence-electron chi connectivity index (χ3n) is 4.21. The molecule has 1 aliphatic heterocycles. The van der Waals surface area contributed by atoms with Crippen LogP contribution in [-0.4, -0.2) is 53.4 Å². The number of aryl methyl sites for hydroxylation is 1. The number of morpholine rings is 1. The van der Waals surface area contributed by atoms with Crippen LogP contribution in [0.3, 0.4) is 0 Å². The van der Waals surface area contributed by atoms with Gasteiger partial charge in [-0.3, -0.25) is 4.90 Å². The highest BCUT2D eigenvalue weighted by Gasteiger charge is 2.15. The molecule has 5 nitrogen and oxygen atoms in total. The van der Waals surface area contributed by atoms with Gasteiger partial charge in [-0.25, -0.2) is 4.79 Å². The molecular weight excluding hydrogens is 304 g/mol. The van der Waals surface area contributed by atoms with Crippen LogP contribution >= 0.6 is 11.6 Å². The Labute approximate surface area is 134 Å². The van der Waals surface area contributed by atoms with Gasteiger partial charge in [-0.1, -0.05) is 11.6 Å². The van der Waals surface area contributed by atoms with Gasteiger partial charge in [-0.05, 0) is 30.2 Å². The molecule has 1 aromatic heterocycles. The number of hydrogen-bond donors (Lipinski definition) is 1. The molecule has 0 amide bonds. The van der Waals surface area contributed by atoms with Gasteiger partial charge in [-0.2, -0.15) is 0 Å². The summed E-state index contributed by atoms with van der Waals surface area (Å²) in [5, 5.41) is 10.6. The summed E-state index contributed by atoms with van der Waals surface area (Å²) in [4.78, 5) is 13.6. The number of aromatic carboxylic acids is 1.